The Bertz CT molecular complexity index is 1160. The summed E-state index contributed by atoms with van der Waals surface area (Å²) in [5, 5.41) is 3.61. The summed E-state index contributed by atoms with van der Waals surface area (Å²) in [7, 11) is 1.61. The predicted molar refractivity (Wildman–Crippen MR) is 132 cm³/mol. The van der Waals surface area contributed by atoms with Gasteiger partial charge in [0, 0.05) is 29.4 Å². The van der Waals surface area contributed by atoms with E-state index in [4.69, 9.17) is 21.1 Å². The number of ether oxygens (including phenoxy) is 2. The van der Waals surface area contributed by atoms with Gasteiger partial charge in [0.05, 0.1) is 13.5 Å². The van der Waals surface area contributed by atoms with E-state index in [0.717, 1.165) is 22.4 Å². The summed E-state index contributed by atoms with van der Waals surface area (Å²) in [6.45, 7) is 2.76. The number of benzene rings is 3. The van der Waals surface area contributed by atoms with Crippen molar-refractivity contribution in [2.75, 3.05) is 12.4 Å². The number of carbonyl (C=O) groups excluding carboxylic acids is 2. The monoisotopic (exact) mass is 478 g/mol. The van der Waals surface area contributed by atoms with E-state index in [1.165, 1.54) is 0 Å². The molecule has 176 valence electrons. The van der Waals surface area contributed by atoms with Gasteiger partial charge in [-0.05, 0) is 60.0 Å². The molecule has 0 aliphatic carbocycles. The fourth-order valence-corrected chi connectivity index (χ4v) is 4.05. The lowest BCUT2D eigenvalue weighted by Gasteiger charge is -2.23. The first-order chi connectivity index (χ1) is 16.4. The average Bonchev–Trinajstić information content (AvgIpc) is 2.97. The quantitative estimate of drug-likeness (QED) is 0.505. The van der Waals surface area contributed by atoms with Crippen molar-refractivity contribution in [1.82, 2.24) is 4.90 Å². The van der Waals surface area contributed by atoms with Gasteiger partial charge in [-0.15, -0.1) is 0 Å². The molecule has 1 N–H and O–H groups in total. The van der Waals surface area contributed by atoms with Crippen molar-refractivity contribution in [3.63, 3.8) is 0 Å². The molecule has 0 bridgehead atoms. The van der Waals surface area contributed by atoms with Gasteiger partial charge in [-0.25, -0.2) is 0 Å². The maximum Gasteiger partial charge on any atom is 0.264 e. The Kier molecular flexibility index (Phi) is 7.38. The molecule has 2 amide bonds. The van der Waals surface area contributed by atoms with Crippen LogP contribution in [0.4, 0.5) is 5.69 Å². The minimum absolute atomic E-state index is 0.0567. The molecule has 7 heteroatoms. The summed E-state index contributed by atoms with van der Waals surface area (Å²) in [5.41, 5.74) is 3.39. The number of rotatable bonds is 7. The van der Waals surface area contributed by atoms with Crippen molar-refractivity contribution in [3.8, 4) is 11.5 Å². The summed E-state index contributed by atoms with van der Waals surface area (Å²) in [4.78, 5) is 27.5. The molecule has 0 saturated heterocycles. The summed E-state index contributed by atoms with van der Waals surface area (Å²) in [6, 6.07) is 20.4. The van der Waals surface area contributed by atoms with Crippen LogP contribution in [-0.2, 0) is 29.1 Å². The second kappa shape index (κ2) is 10.6. The largest absolute Gasteiger partial charge is 0.497 e. The number of hydrogen-bond donors (Lipinski definition) is 1. The normalized spacial score (nSPS) is 15.2. The molecule has 0 radical (unpaired) electrons. The van der Waals surface area contributed by atoms with Crippen LogP contribution in [0.5, 0.6) is 11.5 Å². The highest BCUT2D eigenvalue weighted by atomic mass is 35.5. The highest BCUT2D eigenvalue weighted by Gasteiger charge is 2.30. The number of amides is 2. The average molecular weight is 479 g/mol. The number of halogens is 1. The molecule has 34 heavy (non-hydrogen) atoms. The molecule has 0 spiro atoms. The molecule has 3 aromatic rings. The highest BCUT2D eigenvalue weighted by Crippen LogP contribution is 2.30. The van der Waals surface area contributed by atoms with E-state index in [0.29, 0.717) is 36.0 Å². The number of anilines is 1. The van der Waals surface area contributed by atoms with Crippen molar-refractivity contribution in [2.45, 2.75) is 39.0 Å². The zero-order chi connectivity index (χ0) is 24.1. The topological polar surface area (TPSA) is 67.9 Å². The molecule has 0 unspecified atom stereocenters. The Morgan fingerprint density at radius 2 is 1.79 bits per heavy atom. The lowest BCUT2D eigenvalue weighted by atomic mass is 10.1. The molecule has 6 nitrogen and oxygen atoms in total. The Morgan fingerprint density at radius 3 is 2.47 bits per heavy atom. The van der Waals surface area contributed by atoms with E-state index in [1.54, 1.807) is 18.1 Å². The Labute approximate surface area is 204 Å². The van der Waals surface area contributed by atoms with Gasteiger partial charge in [0.1, 0.15) is 11.5 Å². The lowest BCUT2D eigenvalue weighted by molar-refractivity contribution is -0.139. The molecule has 3 aromatic carbocycles. The molecule has 1 atom stereocenters. The minimum atomic E-state index is -0.552. The smallest absolute Gasteiger partial charge is 0.264 e. The van der Waals surface area contributed by atoms with E-state index in [-0.39, 0.29) is 18.2 Å². The second-order valence-electron chi connectivity index (χ2n) is 8.23. The number of nitrogens with one attached hydrogen (secondary N) is 1. The van der Waals surface area contributed by atoms with E-state index < -0.39 is 6.10 Å². The minimum Gasteiger partial charge on any atom is -0.497 e. The van der Waals surface area contributed by atoms with Gasteiger partial charge >= 0.3 is 0 Å². The van der Waals surface area contributed by atoms with Crippen molar-refractivity contribution in [2.24, 2.45) is 0 Å². The maximum atomic E-state index is 13.1. The van der Waals surface area contributed by atoms with Gasteiger partial charge in [-0.1, -0.05) is 42.8 Å². The molecular formula is C27H27ClN2O4. The van der Waals surface area contributed by atoms with Crippen LogP contribution in [0, 0.1) is 0 Å². The van der Waals surface area contributed by atoms with Crippen molar-refractivity contribution < 1.29 is 19.1 Å². The highest BCUT2D eigenvalue weighted by molar-refractivity contribution is 6.30. The van der Waals surface area contributed by atoms with Crippen LogP contribution >= 0.6 is 11.6 Å². The third-order valence-corrected chi connectivity index (χ3v) is 5.99. The summed E-state index contributed by atoms with van der Waals surface area (Å²) in [6.07, 6.45) is 0.260. The van der Waals surface area contributed by atoms with Crippen LogP contribution in [0.15, 0.2) is 66.7 Å². The van der Waals surface area contributed by atoms with Crippen LogP contribution in [0.25, 0.3) is 0 Å². The Morgan fingerprint density at radius 1 is 1.09 bits per heavy atom. The van der Waals surface area contributed by atoms with Crippen LogP contribution in [0.2, 0.25) is 5.02 Å². The third-order valence-electron chi connectivity index (χ3n) is 5.74. The molecule has 0 saturated carbocycles. The molecule has 4 rings (SSSR count). The third kappa shape index (κ3) is 5.69. The van der Waals surface area contributed by atoms with Gasteiger partial charge in [0.2, 0.25) is 5.91 Å². The second-order valence-corrected chi connectivity index (χ2v) is 8.67. The van der Waals surface area contributed by atoms with Gasteiger partial charge in [0.25, 0.3) is 5.91 Å². The number of methoxy groups -OCH3 is 1. The van der Waals surface area contributed by atoms with Crippen molar-refractivity contribution in [1.29, 1.82) is 0 Å². The molecular weight excluding hydrogens is 452 g/mol. The maximum absolute atomic E-state index is 13.1. The van der Waals surface area contributed by atoms with Gasteiger partial charge in [-0.2, -0.15) is 0 Å². The summed E-state index contributed by atoms with van der Waals surface area (Å²) >= 11 is 6.00. The molecule has 1 heterocycles. The molecule has 1 aliphatic rings. The SMILES string of the molecule is CC[C@H]1Oc2ccc(NC(=O)Cc3ccc(OC)cc3)cc2CN(Cc2ccc(Cl)cc2)C1=O. The zero-order valence-electron chi connectivity index (χ0n) is 19.2. The van der Waals surface area contributed by atoms with Gasteiger partial charge < -0.3 is 19.7 Å². The summed E-state index contributed by atoms with van der Waals surface area (Å²) < 4.78 is 11.2. The number of nitrogens with zero attached hydrogens (tertiary/aromatic N) is 1. The fourth-order valence-electron chi connectivity index (χ4n) is 3.92. The standard InChI is InChI=1S/C27H27ClN2O4/c1-3-24-27(32)30(16-19-4-8-21(28)9-5-19)17-20-15-22(10-13-25(20)34-24)29-26(31)14-18-6-11-23(33-2)12-7-18/h4-13,15,24H,3,14,16-17H2,1-2H3,(H,29,31)/t24-/m1/s1. The van der Waals surface area contributed by atoms with Crippen molar-refractivity contribution >= 4 is 29.1 Å². The predicted octanol–water partition coefficient (Wildman–Crippen LogP) is 5.23. The van der Waals surface area contributed by atoms with Gasteiger partial charge in [-0.3, -0.25) is 9.59 Å². The molecule has 1 aliphatic heterocycles. The van der Waals surface area contributed by atoms with Crippen LogP contribution < -0.4 is 14.8 Å². The first-order valence-electron chi connectivity index (χ1n) is 11.2. The van der Waals surface area contributed by atoms with E-state index in [1.807, 2.05) is 67.6 Å². The van der Waals surface area contributed by atoms with Crippen LogP contribution in [-0.4, -0.2) is 29.9 Å². The van der Waals surface area contributed by atoms with E-state index in [9.17, 15) is 9.59 Å². The van der Waals surface area contributed by atoms with E-state index >= 15 is 0 Å². The Balaban J connectivity index is 1.50. The zero-order valence-corrected chi connectivity index (χ0v) is 20.0. The number of fused-ring (bicyclic) bond motifs is 1. The van der Waals surface area contributed by atoms with Crippen LogP contribution in [0.3, 0.4) is 0 Å². The molecule has 0 aromatic heterocycles. The first-order valence-corrected chi connectivity index (χ1v) is 11.6. The Hall–Kier alpha value is -3.51. The van der Waals surface area contributed by atoms with E-state index in [2.05, 4.69) is 5.32 Å². The number of carbonyl (C=O) groups is 2. The fraction of sp³-hybridized carbons (Fsp3) is 0.259. The van der Waals surface area contributed by atoms with Crippen molar-refractivity contribution in [3.05, 3.63) is 88.4 Å². The molecule has 0 fully saturated rings. The van der Waals surface area contributed by atoms with Crippen LogP contribution in [0.1, 0.15) is 30.0 Å². The first kappa shape index (κ1) is 23.6. The lowest BCUT2D eigenvalue weighted by Crippen LogP contribution is -2.38. The summed E-state index contributed by atoms with van der Waals surface area (Å²) in [5.74, 6) is 1.23. The number of hydrogen-bond acceptors (Lipinski definition) is 4. The van der Waals surface area contributed by atoms with Gasteiger partial charge in [0.15, 0.2) is 6.10 Å².